The average molecular weight is 354 g/mol. The first-order valence-electron chi connectivity index (χ1n) is 6.75. The van der Waals surface area contributed by atoms with Crippen molar-refractivity contribution in [1.82, 2.24) is 4.98 Å². The first kappa shape index (κ1) is 17.0. The molecular weight excluding hydrogens is 339 g/mol. The van der Waals surface area contributed by atoms with Crippen LogP contribution in [0.2, 0.25) is 5.02 Å². The largest absolute Gasteiger partial charge is 0.265 e. The van der Waals surface area contributed by atoms with E-state index in [1.165, 1.54) is 0 Å². The van der Waals surface area contributed by atoms with E-state index in [1.807, 2.05) is 31.2 Å². The molecule has 114 valence electrons. The van der Waals surface area contributed by atoms with Crippen LogP contribution in [-0.4, -0.2) is 10.2 Å². The van der Waals surface area contributed by atoms with E-state index in [2.05, 4.69) is 9.98 Å². The number of nitrogens with zero attached hydrogens (tertiary/aromatic N) is 2. The number of halogens is 3. The normalized spacial score (nSPS) is 14.5. The molecule has 2 nitrogen and oxygen atoms in total. The molecule has 0 amide bonds. The first-order valence-corrected chi connectivity index (χ1v) is 7.88. The standard InChI is InChI=1S/C17H15Cl3N2/c1-11(18)16(14-3-5-15(19)6-4-14)17(20)22-12(2)13-7-9-21-10-8-13/h3-10,12H,1-2H3/b16-11+,22-17?. The highest BCUT2D eigenvalue weighted by atomic mass is 35.5. The molecule has 0 aliphatic rings. The molecule has 0 fully saturated rings. The number of hydrogen-bond acceptors (Lipinski definition) is 2. The van der Waals surface area contributed by atoms with Crippen molar-refractivity contribution in [2.24, 2.45) is 4.99 Å². The lowest BCUT2D eigenvalue weighted by Crippen LogP contribution is -2.00. The Balaban J connectivity index is 2.35. The van der Waals surface area contributed by atoms with Crippen molar-refractivity contribution < 1.29 is 0 Å². The first-order chi connectivity index (χ1) is 10.5. The van der Waals surface area contributed by atoms with Gasteiger partial charge in [0.25, 0.3) is 0 Å². The Kier molecular flexibility index (Phi) is 6.01. The van der Waals surface area contributed by atoms with Gasteiger partial charge in [-0.3, -0.25) is 9.98 Å². The van der Waals surface area contributed by atoms with Crippen LogP contribution < -0.4 is 0 Å². The minimum Gasteiger partial charge on any atom is -0.265 e. The fourth-order valence-electron chi connectivity index (χ4n) is 2.03. The van der Waals surface area contributed by atoms with Crippen LogP contribution in [0.3, 0.4) is 0 Å². The molecule has 2 rings (SSSR count). The fraction of sp³-hybridized carbons (Fsp3) is 0.176. The van der Waals surface area contributed by atoms with Crippen LogP contribution >= 0.6 is 34.8 Å². The minimum atomic E-state index is -0.0891. The molecular formula is C17H15Cl3N2. The van der Waals surface area contributed by atoms with Crippen LogP contribution in [0.15, 0.2) is 58.8 Å². The third-order valence-electron chi connectivity index (χ3n) is 3.18. The molecule has 0 spiro atoms. The van der Waals surface area contributed by atoms with Gasteiger partial charge < -0.3 is 0 Å². The molecule has 5 heteroatoms. The van der Waals surface area contributed by atoms with Crippen LogP contribution in [0.1, 0.15) is 31.0 Å². The topological polar surface area (TPSA) is 25.2 Å². The predicted octanol–water partition coefficient (Wildman–Crippen LogP) is 6.10. The van der Waals surface area contributed by atoms with Gasteiger partial charge in [0.1, 0.15) is 5.17 Å². The lowest BCUT2D eigenvalue weighted by molar-refractivity contribution is 0.821. The quantitative estimate of drug-likeness (QED) is 0.609. The fourth-order valence-corrected chi connectivity index (χ4v) is 2.80. The minimum absolute atomic E-state index is 0.0891. The van der Waals surface area contributed by atoms with Crippen LogP contribution in [0.25, 0.3) is 5.57 Å². The van der Waals surface area contributed by atoms with Gasteiger partial charge in [-0.25, -0.2) is 0 Å². The Morgan fingerprint density at radius 3 is 2.18 bits per heavy atom. The van der Waals surface area contributed by atoms with Gasteiger partial charge in [0.15, 0.2) is 0 Å². The van der Waals surface area contributed by atoms with E-state index in [4.69, 9.17) is 34.8 Å². The van der Waals surface area contributed by atoms with Crippen molar-refractivity contribution in [3.8, 4) is 0 Å². The van der Waals surface area contributed by atoms with Gasteiger partial charge in [-0.1, -0.05) is 46.9 Å². The second-order valence-corrected chi connectivity index (χ2v) is 6.15. The number of hydrogen-bond donors (Lipinski definition) is 0. The maximum atomic E-state index is 6.42. The molecule has 0 N–H and O–H groups in total. The maximum absolute atomic E-state index is 6.42. The highest BCUT2D eigenvalue weighted by Crippen LogP contribution is 2.28. The Hall–Kier alpha value is -1.35. The van der Waals surface area contributed by atoms with E-state index in [1.54, 1.807) is 31.5 Å². The van der Waals surface area contributed by atoms with E-state index in [-0.39, 0.29) is 6.04 Å². The highest BCUT2D eigenvalue weighted by molar-refractivity contribution is 6.77. The van der Waals surface area contributed by atoms with Gasteiger partial charge in [-0.2, -0.15) is 0 Å². The smallest absolute Gasteiger partial charge is 0.133 e. The Labute approximate surface area is 145 Å². The number of aromatic nitrogens is 1. The third kappa shape index (κ3) is 4.33. The molecule has 0 bridgehead atoms. The number of benzene rings is 1. The molecule has 0 radical (unpaired) electrons. The lowest BCUT2D eigenvalue weighted by Gasteiger charge is -2.11. The van der Waals surface area contributed by atoms with Gasteiger partial charge >= 0.3 is 0 Å². The van der Waals surface area contributed by atoms with Crippen molar-refractivity contribution in [3.63, 3.8) is 0 Å². The van der Waals surface area contributed by atoms with Crippen LogP contribution in [0, 0.1) is 0 Å². The second kappa shape index (κ2) is 7.77. The summed E-state index contributed by atoms with van der Waals surface area (Å²) in [4.78, 5) is 8.55. The predicted molar refractivity (Wildman–Crippen MR) is 95.8 cm³/mol. The summed E-state index contributed by atoms with van der Waals surface area (Å²) in [5.41, 5.74) is 2.63. The van der Waals surface area contributed by atoms with Crippen molar-refractivity contribution in [3.05, 3.63) is 70.0 Å². The zero-order valence-electron chi connectivity index (χ0n) is 12.2. The van der Waals surface area contributed by atoms with Crippen molar-refractivity contribution in [2.45, 2.75) is 19.9 Å². The lowest BCUT2D eigenvalue weighted by atomic mass is 10.1. The van der Waals surface area contributed by atoms with Crippen molar-refractivity contribution in [1.29, 1.82) is 0 Å². The van der Waals surface area contributed by atoms with Gasteiger partial charge in [0, 0.05) is 28.0 Å². The number of rotatable bonds is 4. The molecule has 1 aromatic carbocycles. The zero-order chi connectivity index (χ0) is 16.1. The molecule has 0 saturated heterocycles. The van der Waals surface area contributed by atoms with Gasteiger partial charge in [-0.05, 0) is 49.2 Å². The van der Waals surface area contributed by atoms with Crippen molar-refractivity contribution in [2.75, 3.05) is 0 Å². The summed E-state index contributed by atoms with van der Waals surface area (Å²) < 4.78 is 0. The summed E-state index contributed by atoms with van der Waals surface area (Å²) in [5, 5.41) is 1.62. The van der Waals surface area contributed by atoms with E-state index in [9.17, 15) is 0 Å². The van der Waals surface area contributed by atoms with Gasteiger partial charge in [0.05, 0.1) is 6.04 Å². The molecule has 1 unspecified atom stereocenters. The monoisotopic (exact) mass is 352 g/mol. The molecule has 22 heavy (non-hydrogen) atoms. The Morgan fingerprint density at radius 1 is 1.05 bits per heavy atom. The molecule has 0 aliphatic carbocycles. The summed E-state index contributed by atoms with van der Waals surface area (Å²) in [6.45, 7) is 3.77. The average Bonchev–Trinajstić information content (AvgIpc) is 2.50. The number of allylic oxidation sites excluding steroid dienone is 2. The van der Waals surface area contributed by atoms with E-state index in [0.717, 1.165) is 11.1 Å². The maximum Gasteiger partial charge on any atom is 0.133 e. The Morgan fingerprint density at radius 2 is 1.64 bits per heavy atom. The summed E-state index contributed by atoms with van der Waals surface area (Å²) in [5.74, 6) is 0. The molecule has 0 aliphatic heterocycles. The van der Waals surface area contributed by atoms with Gasteiger partial charge in [-0.15, -0.1) is 0 Å². The molecule has 1 heterocycles. The van der Waals surface area contributed by atoms with Crippen LogP contribution in [-0.2, 0) is 0 Å². The highest BCUT2D eigenvalue weighted by Gasteiger charge is 2.13. The molecule has 1 atom stereocenters. The zero-order valence-corrected chi connectivity index (χ0v) is 14.5. The van der Waals surface area contributed by atoms with Crippen LogP contribution in [0.5, 0.6) is 0 Å². The van der Waals surface area contributed by atoms with Crippen LogP contribution in [0.4, 0.5) is 0 Å². The second-order valence-electron chi connectivity index (χ2n) is 4.79. The van der Waals surface area contributed by atoms with Crippen molar-refractivity contribution >= 4 is 45.5 Å². The van der Waals surface area contributed by atoms with E-state index in [0.29, 0.717) is 20.8 Å². The number of pyridine rings is 1. The summed E-state index contributed by atoms with van der Waals surface area (Å²) in [6.07, 6.45) is 3.47. The van der Waals surface area contributed by atoms with E-state index >= 15 is 0 Å². The summed E-state index contributed by atoms with van der Waals surface area (Å²) in [7, 11) is 0. The van der Waals surface area contributed by atoms with E-state index < -0.39 is 0 Å². The van der Waals surface area contributed by atoms with Gasteiger partial charge in [0.2, 0.25) is 0 Å². The molecule has 2 aromatic rings. The summed E-state index contributed by atoms with van der Waals surface area (Å²) in [6, 6.07) is 11.1. The third-order valence-corrected chi connectivity index (χ3v) is 3.91. The Bertz CT molecular complexity index is 688. The number of aliphatic imine (C=N–C) groups is 1. The molecule has 1 aromatic heterocycles. The summed E-state index contributed by atoms with van der Waals surface area (Å²) >= 11 is 18.6. The molecule has 0 saturated carbocycles. The SMILES string of the molecule is C/C(Cl)=C(\C(Cl)=NC(C)c1ccncc1)c1ccc(Cl)cc1.